The number of unbranched alkanes of at least 4 members (excludes halogenated alkanes) is 1. The number of rotatable bonds is 11. The van der Waals surface area contributed by atoms with Gasteiger partial charge < -0.3 is 10.2 Å². The predicted octanol–water partition coefficient (Wildman–Crippen LogP) is 4.20. The summed E-state index contributed by atoms with van der Waals surface area (Å²) >= 11 is 9.62. The largest absolute Gasteiger partial charge is 0.354 e. The van der Waals surface area contributed by atoms with Gasteiger partial charge in [-0.25, -0.2) is 8.42 Å². The van der Waals surface area contributed by atoms with Gasteiger partial charge in [-0.05, 0) is 49.2 Å². The quantitative estimate of drug-likeness (QED) is 0.419. The summed E-state index contributed by atoms with van der Waals surface area (Å²) in [7, 11) is -3.76. The van der Waals surface area contributed by atoms with Crippen LogP contribution in [-0.2, 0) is 26.2 Å². The number of amides is 2. The number of carbonyl (C=O) groups is 2. The molecule has 0 saturated heterocycles. The van der Waals surface area contributed by atoms with Crippen LogP contribution in [0.1, 0.15) is 32.3 Å². The highest BCUT2D eigenvalue weighted by atomic mass is 79.9. The van der Waals surface area contributed by atoms with E-state index in [1.807, 2.05) is 6.92 Å². The van der Waals surface area contributed by atoms with Crippen LogP contribution in [0.5, 0.6) is 0 Å². The molecule has 0 fully saturated rings. The normalized spacial score (nSPS) is 12.2. The van der Waals surface area contributed by atoms with Crippen molar-refractivity contribution >= 4 is 55.1 Å². The van der Waals surface area contributed by atoms with Crippen molar-refractivity contribution in [1.82, 2.24) is 10.2 Å². The fourth-order valence-electron chi connectivity index (χ4n) is 3.15. The van der Waals surface area contributed by atoms with Crippen LogP contribution in [0.4, 0.5) is 5.69 Å². The Kier molecular flexibility index (Phi) is 10.2. The molecule has 0 aliphatic rings. The van der Waals surface area contributed by atoms with Crippen LogP contribution in [-0.4, -0.2) is 50.5 Å². The van der Waals surface area contributed by atoms with Crippen molar-refractivity contribution in [2.24, 2.45) is 0 Å². The summed E-state index contributed by atoms with van der Waals surface area (Å²) in [5.41, 5.74) is 1.02. The molecule has 0 heterocycles. The van der Waals surface area contributed by atoms with Crippen molar-refractivity contribution in [3.8, 4) is 0 Å². The molecule has 10 heteroatoms. The first-order valence-electron chi connectivity index (χ1n) is 10.6. The highest BCUT2D eigenvalue weighted by Gasteiger charge is 2.30. The Bertz CT molecular complexity index is 1060. The highest BCUT2D eigenvalue weighted by Crippen LogP contribution is 2.23. The van der Waals surface area contributed by atoms with Crippen molar-refractivity contribution < 1.29 is 18.0 Å². The second-order valence-corrected chi connectivity index (χ2v) is 10.9. The van der Waals surface area contributed by atoms with E-state index >= 15 is 0 Å². The van der Waals surface area contributed by atoms with E-state index in [1.165, 1.54) is 4.90 Å². The van der Waals surface area contributed by atoms with Gasteiger partial charge in [-0.1, -0.05) is 59.1 Å². The van der Waals surface area contributed by atoms with Crippen molar-refractivity contribution in [1.29, 1.82) is 0 Å². The molecule has 2 rings (SSSR count). The highest BCUT2D eigenvalue weighted by molar-refractivity contribution is 9.10. The standard InChI is InChI=1S/C23H29BrClN3O4S/c1-4-5-14-26-23(30)17(2)27(15-18-8-6-7-9-21(18)25)22(29)16-28(33(3,31)32)20-12-10-19(24)11-13-20/h6-13,17H,4-5,14-16H2,1-3H3,(H,26,30)/t17-/m0/s1. The zero-order valence-electron chi connectivity index (χ0n) is 18.9. The maximum Gasteiger partial charge on any atom is 0.244 e. The van der Waals surface area contributed by atoms with Gasteiger partial charge in [0.15, 0.2) is 0 Å². The third kappa shape index (κ3) is 8.01. The smallest absolute Gasteiger partial charge is 0.244 e. The maximum absolute atomic E-state index is 13.4. The average Bonchev–Trinajstić information content (AvgIpc) is 2.76. The number of anilines is 1. The van der Waals surface area contributed by atoms with Gasteiger partial charge >= 0.3 is 0 Å². The summed E-state index contributed by atoms with van der Waals surface area (Å²) in [6.45, 7) is 3.77. The number of carbonyl (C=O) groups excluding carboxylic acids is 2. The van der Waals surface area contributed by atoms with Crippen LogP contribution in [0.15, 0.2) is 53.0 Å². The lowest BCUT2D eigenvalue weighted by Crippen LogP contribution is -2.51. The van der Waals surface area contributed by atoms with Crippen LogP contribution in [0.2, 0.25) is 5.02 Å². The van der Waals surface area contributed by atoms with Crippen molar-refractivity contribution in [3.05, 3.63) is 63.6 Å². The number of nitrogens with one attached hydrogen (secondary N) is 1. The maximum atomic E-state index is 13.4. The van der Waals surface area contributed by atoms with E-state index in [-0.39, 0.29) is 12.5 Å². The molecule has 0 aromatic heterocycles. The molecule has 0 bridgehead atoms. The van der Waals surface area contributed by atoms with Crippen molar-refractivity contribution in [3.63, 3.8) is 0 Å². The number of hydrogen-bond donors (Lipinski definition) is 1. The molecule has 0 radical (unpaired) electrons. The molecule has 180 valence electrons. The molecule has 33 heavy (non-hydrogen) atoms. The van der Waals surface area contributed by atoms with E-state index in [0.717, 1.165) is 27.9 Å². The first kappa shape index (κ1) is 27.1. The minimum atomic E-state index is -3.76. The van der Waals surface area contributed by atoms with Gasteiger partial charge in [-0.2, -0.15) is 0 Å². The van der Waals surface area contributed by atoms with E-state index in [1.54, 1.807) is 55.5 Å². The Morgan fingerprint density at radius 3 is 2.33 bits per heavy atom. The Labute approximate surface area is 209 Å². The fourth-order valence-corrected chi connectivity index (χ4v) is 4.46. The Hall–Kier alpha value is -2.10. The molecule has 0 spiro atoms. The average molecular weight is 559 g/mol. The SMILES string of the molecule is CCCCNC(=O)[C@H](C)N(Cc1ccccc1Cl)C(=O)CN(c1ccc(Br)cc1)S(C)(=O)=O. The number of halogens is 2. The monoisotopic (exact) mass is 557 g/mol. The van der Waals surface area contributed by atoms with Crippen molar-refractivity contribution in [2.75, 3.05) is 23.7 Å². The van der Waals surface area contributed by atoms with Gasteiger partial charge in [0.25, 0.3) is 0 Å². The molecule has 0 aliphatic carbocycles. The first-order chi connectivity index (χ1) is 15.5. The zero-order valence-corrected chi connectivity index (χ0v) is 22.1. The summed E-state index contributed by atoms with van der Waals surface area (Å²) < 4.78 is 26.8. The van der Waals surface area contributed by atoms with E-state index in [4.69, 9.17) is 11.6 Å². The van der Waals surface area contributed by atoms with Gasteiger partial charge in [0.1, 0.15) is 12.6 Å². The van der Waals surface area contributed by atoms with Gasteiger partial charge in [-0.3, -0.25) is 13.9 Å². The van der Waals surface area contributed by atoms with Crippen LogP contribution in [0, 0.1) is 0 Å². The minimum absolute atomic E-state index is 0.0683. The molecule has 2 aromatic rings. The van der Waals surface area contributed by atoms with Gasteiger partial charge in [0, 0.05) is 22.6 Å². The second kappa shape index (κ2) is 12.4. The summed E-state index contributed by atoms with van der Waals surface area (Å²) in [5.74, 6) is -0.820. The lowest BCUT2D eigenvalue weighted by Gasteiger charge is -2.31. The Balaban J connectivity index is 2.35. The molecule has 2 aromatic carbocycles. The van der Waals surface area contributed by atoms with Crippen LogP contribution < -0.4 is 9.62 Å². The van der Waals surface area contributed by atoms with Crippen LogP contribution in [0.25, 0.3) is 0 Å². The summed E-state index contributed by atoms with van der Waals surface area (Å²) in [4.78, 5) is 27.5. The van der Waals surface area contributed by atoms with Gasteiger partial charge in [0.2, 0.25) is 21.8 Å². The molecule has 0 saturated carbocycles. The lowest BCUT2D eigenvalue weighted by molar-refractivity contribution is -0.139. The topological polar surface area (TPSA) is 86.8 Å². The molecule has 1 N–H and O–H groups in total. The molecule has 7 nitrogen and oxygen atoms in total. The van der Waals surface area contributed by atoms with Crippen LogP contribution >= 0.6 is 27.5 Å². The Morgan fingerprint density at radius 2 is 1.76 bits per heavy atom. The summed E-state index contributed by atoms with van der Waals surface area (Å²) in [6.07, 6.45) is 2.79. The van der Waals surface area contributed by atoms with Gasteiger partial charge in [-0.15, -0.1) is 0 Å². The molecule has 1 atom stereocenters. The number of hydrogen-bond acceptors (Lipinski definition) is 4. The van der Waals surface area contributed by atoms with E-state index in [2.05, 4.69) is 21.2 Å². The van der Waals surface area contributed by atoms with Crippen molar-refractivity contribution in [2.45, 2.75) is 39.3 Å². The number of benzene rings is 2. The third-order valence-electron chi connectivity index (χ3n) is 5.09. The lowest BCUT2D eigenvalue weighted by atomic mass is 10.1. The zero-order chi connectivity index (χ0) is 24.6. The molecule has 0 unspecified atom stereocenters. The predicted molar refractivity (Wildman–Crippen MR) is 136 cm³/mol. The minimum Gasteiger partial charge on any atom is -0.354 e. The molecular weight excluding hydrogens is 530 g/mol. The fraction of sp³-hybridized carbons (Fsp3) is 0.391. The van der Waals surface area contributed by atoms with E-state index < -0.39 is 28.5 Å². The summed E-state index contributed by atoms with van der Waals surface area (Å²) in [5, 5.41) is 3.30. The molecule has 0 aliphatic heterocycles. The number of sulfonamides is 1. The molecular formula is C23H29BrClN3O4S. The number of nitrogens with zero attached hydrogens (tertiary/aromatic N) is 2. The van der Waals surface area contributed by atoms with E-state index in [0.29, 0.717) is 22.8 Å². The summed E-state index contributed by atoms with van der Waals surface area (Å²) in [6, 6.07) is 12.8. The first-order valence-corrected chi connectivity index (χ1v) is 13.6. The van der Waals surface area contributed by atoms with Crippen LogP contribution in [0.3, 0.4) is 0 Å². The van der Waals surface area contributed by atoms with E-state index in [9.17, 15) is 18.0 Å². The van der Waals surface area contributed by atoms with Gasteiger partial charge in [0.05, 0.1) is 11.9 Å². The Morgan fingerprint density at radius 1 is 1.12 bits per heavy atom. The molecule has 2 amide bonds. The third-order valence-corrected chi connectivity index (χ3v) is 7.13. The second-order valence-electron chi connectivity index (χ2n) is 7.68.